The number of carbonyl (C=O) groups is 1. The Morgan fingerprint density at radius 3 is 2.43 bits per heavy atom. The molecule has 0 aromatic rings. The van der Waals surface area contributed by atoms with E-state index < -0.39 is 12.0 Å². The molecule has 38 valence electrons. The van der Waals surface area contributed by atoms with Gasteiger partial charge >= 0.3 is 5.97 Å². The lowest BCUT2D eigenvalue weighted by molar-refractivity contribution is -0.137. The summed E-state index contributed by atoms with van der Waals surface area (Å²) in [4.78, 5) is 9.58. The molecule has 0 radical (unpaired) electrons. The summed E-state index contributed by atoms with van der Waals surface area (Å²) in [5, 5.41) is 15.6. The Morgan fingerprint density at radius 1 is 2.00 bits per heavy atom. The van der Waals surface area contributed by atoms with Gasteiger partial charge in [-0.3, -0.25) is 0 Å². The average Bonchev–Trinajstić information content (AvgIpc) is 1.65. The third kappa shape index (κ3) is 1.73. The topological polar surface area (TPSA) is 87.1 Å². The Morgan fingerprint density at radius 2 is 2.43 bits per heavy atom. The van der Waals surface area contributed by atoms with Crippen molar-refractivity contribution in [3.63, 3.8) is 0 Å². The lowest BCUT2D eigenvalue weighted by Crippen LogP contribution is -2.27. The predicted octanol–water partition coefficient (Wildman–Crippen LogP) is -1.08. The molecule has 0 unspecified atom stereocenters. The molecule has 4 nitrogen and oxygen atoms in total. The van der Waals surface area contributed by atoms with Crippen LogP contribution in [0, 0.1) is 11.3 Å². The zero-order valence-electron chi connectivity index (χ0n) is 3.46. The number of hydrogen-bond acceptors (Lipinski definition) is 3. The lowest BCUT2D eigenvalue weighted by atomic mass is 10.4. The van der Waals surface area contributed by atoms with E-state index in [2.05, 4.69) is 5.73 Å². The summed E-state index contributed by atoms with van der Waals surface area (Å²) in [6.45, 7) is 0. The third-order valence-electron chi connectivity index (χ3n) is 0.405. The number of aliphatic carboxylic acids is 1. The van der Waals surface area contributed by atoms with Crippen LogP contribution in [-0.4, -0.2) is 17.1 Å². The molecule has 3 N–H and O–H groups in total. The number of nitriles is 1. The van der Waals surface area contributed by atoms with Gasteiger partial charge in [0.05, 0.1) is 6.07 Å². The van der Waals surface area contributed by atoms with Crippen LogP contribution in [0.5, 0.6) is 0 Å². The fourth-order valence-electron chi connectivity index (χ4n) is 0.0552. The fourth-order valence-corrected chi connectivity index (χ4v) is 0.0552. The Balaban J connectivity index is 3.63. The molecule has 0 spiro atoms. The van der Waals surface area contributed by atoms with Gasteiger partial charge in [-0.05, 0) is 0 Å². The molecule has 0 aliphatic heterocycles. The molecule has 0 bridgehead atoms. The second-order valence-electron chi connectivity index (χ2n) is 0.945. The summed E-state index contributed by atoms with van der Waals surface area (Å²) < 4.78 is 0. The highest BCUT2D eigenvalue weighted by molar-refractivity contribution is 5.76. The highest BCUT2D eigenvalue weighted by Crippen LogP contribution is 1.69. The fraction of sp³-hybridized carbons (Fsp3) is 0.333. The number of carboxylic acid groups (broad SMARTS) is 1. The summed E-state index contributed by atoms with van der Waals surface area (Å²) in [7, 11) is 0. The van der Waals surface area contributed by atoms with Crippen molar-refractivity contribution in [3.05, 3.63) is 0 Å². The van der Waals surface area contributed by atoms with E-state index in [0.29, 0.717) is 0 Å². The van der Waals surface area contributed by atoms with Crippen molar-refractivity contribution in [2.45, 2.75) is 6.04 Å². The van der Waals surface area contributed by atoms with Gasteiger partial charge in [-0.2, -0.15) is 5.26 Å². The second-order valence-corrected chi connectivity index (χ2v) is 0.945. The normalized spacial score (nSPS) is 12.0. The first-order chi connectivity index (χ1) is 3.18. The molecular weight excluding hydrogens is 96.0 g/mol. The molecule has 0 aromatic carbocycles. The molecule has 0 fully saturated rings. The summed E-state index contributed by atoms with van der Waals surface area (Å²) >= 11 is 0. The minimum atomic E-state index is -1.38. The SMILES string of the molecule is N#C[C@@H](N)C(=O)O. The monoisotopic (exact) mass is 100 g/mol. The van der Waals surface area contributed by atoms with Gasteiger partial charge in [0, 0.05) is 0 Å². The van der Waals surface area contributed by atoms with E-state index in [1.54, 1.807) is 0 Å². The van der Waals surface area contributed by atoms with E-state index >= 15 is 0 Å². The molecule has 0 amide bonds. The van der Waals surface area contributed by atoms with Crippen LogP contribution in [0.1, 0.15) is 0 Å². The van der Waals surface area contributed by atoms with Crippen molar-refractivity contribution in [2.24, 2.45) is 5.73 Å². The van der Waals surface area contributed by atoms with Gasteiger partial charge in [0.15, 0.2) is 6.04 Å². The molecule has 0 heterocycles. The van der Waals surface area contributed by atoms with Gasteiger partial charge in [0.25, 0.3) is 0 Å². The average molecular weight is 100 g/mol. The Kier molecular flexibility index (Phi) is 1.82. The molecule has 7 heavy (non-hydrogen) atoms. The zero-order valence-corrected chi connectivity index (χ0v) is 3.46. The second kappa shape index (κ2) is 2.16. The van der Waals surface area contributed by atoms with E-state index in [0.717, 1.165) is 0 Å². The number of nitrogens with zero attached hydrogens (tertiary/aromatic N) is 1. The van der Waals surface area contributed by atoms with Crippen molar-refractivity contribution in [1.29, 1.82) is 5.26 Å². The van der Waals surface area contributed by atoms with Gasteiger partial charge in [0.1, 0.15) is 0 Å². The van der Waals surface area contributed by atoms with Crippen LogP contribution in [0.3, 0.4) is 0 Å². The standard InChI is InChI=1S/C3H4N2O2/c4-1-2(5)3(6)7/h2H,5H2,(H,6,7)/t2-/m1/s1. The molecule has 0 saturated carbocycles. The zero-order chi connectivity index (χ0) is 5.86. The smallest absolute Gasteiger partial charge is 0.335 e. The van der Waals surface area contributed by atoms with Gasteiger partial charge in [-0.25, -0.2) is 4.79 Å². The Bertz CT molecular complexity index is 115. The highest BCUT2D eigenvalue weighted by Gasteiger charge is 2.06. The molecule has 4 heteroatoms. The number of rotatable bonds is 1. The largest absolute Gasteiger partial charge is 0.479 e. The van der Waals surface area contributed by atoms with Gasteiger partial charge < -0.3 is 10.8 Å². The van der Waals surface area contributed by atoms with Crippen molar-refractivity contribution in [1.82, 2.24) is 0 Å². The first-order valence-electron chi connectivity index (χ1n) is 1.56. The van der Waals surface area contributed by atoms with Crippen LogP contribution in [0.15, 0.2) is 0 Å². The van der Waals surface area contributed by atoms with Crippen LogP contribution < -0.4 is 5.73 Å². The number of nitrogens with two attached hydrogens (primary N) is 1. The van der Waals surface area contributed by atoms with Gasteiger partial charge in [0.2, 0.25) is 0 Å². The Labute approximate surface area is 40.2 Å². The summed E-state index contributed by atoms with van der Waals surface area (Å²) in [6.07, 6.45) is 0. The molecular formula is C3H4N2O2. The molecule has 0 aromatic heterocycles. The van der Waals surface area contributed by atoms with Crippen LogP contribution >= 0.6 is 0 Å². The van der Waals surface area contributed by atoms with Crippen LogP contribution in [0.25, 0.3) is 0 Å². The van der Waals surface area contributed by atoms with Crippen LogP contribution in [-0.2, 0) is 4.79 Å². The molecule has 0 rings (SSSR count). The van der Waals surface area contributed by atoms with Crippen LogP contribution in [0.4, 0.5) is 0 Å². The molecule has 0 aliphatic carbocycles. The van der Waals surface area contributed by atoms with Crippen LogP contribution in [0.2, 0.25) is 0 Å². The van der Waals surface area contributed by atoms with E-state index in [-0.39, 0.29) is 0 Å². The minimum Gasteiger partial charge on any atom is -0.479 e. The quantitative estimate of drug-likeness (QED) is 0.438. The van der Waals surface area contributed by atoms with E-state index in [1.807, 2.05) is 0 Å². The molecule has 0 saturated heterocycles. The maximum atomic E-state index is 9.58. The summed E-state index contributed by atoms with van der Waals surface area (Å²) in [5.41, 5.74) is 4.66. The number of hydrogen-bond donors (Lipinski definition) is 2. The maximum Gasteiger partial charge on any atom is 0.335 e. The minimum absolute atomic E-state index is 1.29. The van der Waals surface area contributed by atoms with E-state index in [9.17, 15) is 4.79 Å². The highest BCUT2D eigenvalue weighted by atomic mass is 16.4. The summed E-state index contributed by atoms with van der Waals surface area (Å²) in [5.74, 6) is -1.29. The third-order valence-corrected chi connectivity index (χ3v) is 0.405. The molecule has 0 aliphatic rings. The molecule has 1 atom stereocenters. The summed E-state index contributed by atoms with van der Waals surface area (Å²) in [6, 6.07) is -0.0324. The van der Waals surface area contributed by atoms with Gasteiger partial charge in [-0.1, -0.05) is 0 Å². The number of carboxylic acids is 1. The lowest BCUT2D eigenvalue weighted by Gasteiger charge is -1.87. The van der Waals surface area contributed by atoms with Crippen molar-refractivity contribution < 1.29 is 9.90 Å². The first kappa shape index (κ1) is 5.92. The maximum absolute atomic E-state index is 9.58. The van der Waals surface area contributed by atoms with Crippen molar-refractivity contribution in [3.8, 4) is 6.07 Å². The van der Waals surface area contributed by atoms with Crippen molar-refractivity contribution in [2.75, 3.05) is 0 Å². The predicted molar refractivity (Wildman–Crippen MR) is 21.2 cm³/mol. The van der Waals surface area contributed by atoms with E-state index in [4.69, 9.17) is 10.4 Å². The van der Waals surface area contributed by atoms with Crippen molar-refractivity contribution >= 4 is 5.97 Å². The van der Waals surface area contributed by atoms with E-state index in [1.165, 1.54) is 6.07 Å². The first-order valence-corrected chi connectivity index (χ1v) is 1.56. The van der Waals surface area contributed by atoms with Gasteiger partial charge in [-0.15, -0.1) is 0 Å². The Hall–Kier alpha value is -1.08.